The van der Waals surface area contributed by atoms with E-state index in [1.165, 1.54) is 38.5 Å². The maximum absolute atomic E-state index is 6.01. The van der Waals surface area contributed by atoms with Crippen molar-refractivity contribution in [3.63, 3.8) is 0 Å². The number of likely N-dealkylation sites (N-methyl/N-ethyl adjacent to an activating group) is 1. The van der Waals surface area contributed by atoms with Gasteiger partial charge in [-0.1, -0.05) is 39.5 Å². The fraction of sp³-hybridized carbons (Fsp3) is 1.00. The molecule has 0 bridgehead atoms. The Balaban J connectivity index is 2.21. The minimum atomic E-state index is 0.508. The van der Waals surface area contributed by atoms with Crippen molar-refractivity contribution >= 4 is 0 Å². The van der Waals surface area contributed by atoms with Crippen LogP contribution in [0.3, 0.4) is 0 Å². The van der Waals surface area contributed by atoms with Crippen molar-refractivity contribution in [3.8, 4) is 0 Å². The van der Waals surface area contributed by atoms with Gasteiger partial charge in [-0.15, -0.1) is 0 Å². The Kier molecular flexibility index (Phi) is 6.26. The first kappa shape index (κ1) is 13.0. The molecule has 15 heavy (non-hydrogen) atoms. The largest absolute Gasteiger partial charge is 0.377 e. The molecule has 0 aromatic carbocycles. The third kappa shape index (κ3) is 4.98. The maximum atomic E-state index is 6.01. The van der Waals surface area contributed by atoms with E-state index in [2.05, 4.69) is 19.2 Å². The van der Waals surface area contributed by atoms with Crippen molar-refractivity contribution in [3.05, 3.63) is 0 Å². The van der Waals surface area contributed by atoms with Crippen LogP contribution >= 0.6 is 0 Å². The van der Waals surface area contributed by atoms with E-state index in [4.69, 9.17) is 4.74 Å². The summed E-state index contributed by atoms with van der Waals surface area (Å²) in [5.74, 6) is 0.653. The lowest BCUT2D eigenvalue weighted by Crippen LogP contribution is -2.36. The molecule has 1 aliphatic carbocycles. The molecule has 0 aromatic rings. The monoisotopic (exact) mass is 213 g/mol. The van der Waals surface area contributed by atoms with Gasteiger partial charge in [0.2, 0.25) is 0 Å². The average molecular weight is 213 g/mol. The van der Waals surface area contributed by atoms with Gasteiger partial charge in [0.1, 0.15) is 0 Å². The van der Waals surface area contributed by atoms with E-state index in [0.717, 1.165) is 6.61 Å². The first-order valence-corrected chi connectivity index (χ1v) is 6.53. The van der Waals surface area contributed by atoms with Crippen LogP contribution in [0, 0.1) is 5.92 Å². The molecular formula is C13H27NO. The van der Waals surface area contributed by atoms with Gasteiger partial charge in [0, 0.05) is 6.04 Å². The van der Waals surface area contributed by atoms with Crippen molar-refractivity contribution in [1.29, 1.82) is 0 Å². The molecule has 1 saturated carbocycles. The summed E-state index contributed by atoms with van der Waals surface area (Å²) >= 11 is 0. The predicted octanol–water partition coefficient (Wildman–Crippen LogP) is 2.97. The minimum absolute atomic E-state index is 0.508. The van der Waals surface area contributed by atoms with Gasteiger partial charge in [-0.05, 0) is 25.8 Å². The van der Waals surface area contributed by atoms with Gasteiger partial charge in [0.05, 0.1) is 12.7 Å². The third-order valence-corrected chi connectivity index (χ3v) is 3.49. The quantitative estimate of drug-likeness (QED) is 0.709. The van der Waals surface area contributed by atoms with Crippen LogP contribution < -0.4 is 5.32 Å². The van der Waals surface area contributed by atoms with Crippen LogP contribution in [0.4, 0.5) is 0 Å². The molecule has 0 aromatic heterocycles. The smallest absolute Gasteiger partial charge is 0.0625 e. The van der Waals surface area contributed by atoms with E-state index in [9.17, 15) is 0 Å². The number of hydrogen-bond donors (Lipinski definition) is 1. The summed E-state index contributed by atoms with van der Waals surface area (Å²) < 4.78 is 6.01. The zero-order valence-electron chi connectivity index (χ0n) is 10.6. The Morgan fingerprint density at radius 3 is 2.20 bits per heavy atom. The topological polar surface area (TPSA) is 21.3 Å². The number of ether oxygens (including phenoxy) is 1. The van der Waals surface area contributed by atoms with E-state index in [1.807, 2.05) is 7.05 Å². The van der Waals surface area contributed by atoms with Gasteiger partial charge in [-0.3, -0.25) is 0 Å². The number of nitrogens with one attached hydrogen (secondary N) is 1. The van der Waals surface area contributed by atoms with E-state index < -0.39 is 0 Å². The molecule has 2 nitrogen and oxygen atoms in total. The molecule has 0 saturated heterocycles. The molecular weight excluding hydrogens is 186 g/mol. The van der Waals surface area contributed by atoms with Gasteiger partial charge in [0.15, 0.2) is 0 Å². The highest BCUT2D eigenvalue weighted by molar-refractivity contribution is 4.70. The Bertz CT molecular complexity index is 151. The van der Waals surface area contributed by atoms with Gasteiger partial charge in [-0.2, -0.15) is 0 Å². The normalized spacial score (nSPS) is 21.6. The first-order valence-electron chi connectivity index (χ1n) is 6.53. The second kappa shape index (κ2) is 7.24. The lowest BCUT2D eigenvalue weighted by molar-refractivity contribution is 0.0231. The molecule has 1 unspecified atom stereocenters. The molecule has 1 rings (SSSR count). The highest BCUT2D eigenvalue weighted by Gasteiger charge is 2.16. The van der Waals surface area contributed by atoms with E-state index >= 15 is 0 Å². The fourth-order valence-corrected chi connectivity index (χ4v) is 2.26. The van der Waals surface area contributed by atoms with Gasteiger partial charge in [0.25, 0.3) is 0 Å². The Morgan fingerprint density at radius 2 is 1.73 bits per heavy atom. The molecule has 0 amide bonds. The summed E-state index contributed by atoms with van der Waals surface area (Å²) in [5.41, 5.74) is 0. The van der Waals surface area contributed by atoms with Crippen LogP contribution in [0.5, 0.6) is 0 Å². The molecule has 90 valence electrons. The minimum Gasteiger partial charge on any atom is -0.377 e. The summed E-state index contributed by atoms with van der Waals surface area (Å²) in [6.07, 6.45) is 8.59. The number of rotatable bonds is 5. The third-order valence-electron chi connectivity index (χ3n) is 3.49. The predicted molar refractivity (Wildman–Crippen MR) is 65.1 cm³/mol. The van der Waals surface area contributed by atoms with Crippen molar-refractivity contribution in [2.75, 3.05) is 13.7 Å². The molecule has 2 heteroatoms. The Hall–Kier alpha value is -0.0800. The summed E-state index contributed by atoms with van der Waals surface area (Å²) in [6, 6.07) is 0.508. The zero-order valence-corrected chi connectivity index (χ0v) is 10.6. The molecule has 0 aliphatic heterocycles. The van der Waals surface area contributed by atoms with E-state index in [0.29, 0.717) is 18.1 Å². The molecule has 1 aliphatic rings. The Labute approximate surface area is 94.8 Å². The molecule has 1 N–H and O–H groups in total. The van der Waals surface area contributed by atoms with Crippen LogP contribution in [0.2, 0.25) is 0 Å². The fourth-order valence-electron chi connectivity index (χ4n) is 2.26. The average Bonchev–Trinajstić information content (AvgIpc) is 2.46. The van der Waals surface area contributed by atoms with Crippen molar-refractivity contribution in [1.82, 2.24) is 5.32 Å². The van der Waals surface area contributed by atoms with Crippen molar-refractivity contribution in [2.24, 2.45) is 5.92 Å². The maximum Gasteiger partial charge on any atom is 0.0625 e. The second-order valence-electron chi connectivity index (χ2n) is 5.09. The Morgan fingerprint density at radius 1 is 1.13 bits per heavy atom. The van der Waals surface area contributed by atoms with Crippen LogP contribution in [-0.2, 0) is 4.74 Å². The summed E-state index contributed by atoms with van der Waals surface area (Å²) in [6.45, 7) is 5.37. The second-order valence-corrected chi connectivity index (χ2v) is 5.09. The highest BCUT2D eigenvalue weighted by atomic mass is 16.5. The van der Waals surface area contributed by atoms with Gasteiger partial charge in [-0.25, -0.2) is 0 Å². The molecule has 1 atom stereocenters. The van der Waals surface area contributed by atoms with Crippen LogP contribution in [0.1, 0.15) is 52.4 Å². The van der Waals surface area contributed by atoms with E-state index in [1.54, 1.807) is 0 Å². The summed E-state index contributed by atoms with van der Waals surface area (Å²) in [4.78, 5) is 0. The summed E-state index contributed by atoms with van der Waals surface area (Å²) in [7, 11) is 2.03. The first-order chi connectivity index (χ1) is 7.24. The molecule has 1 fully saturated rings. The zero-order chi connectivity index (χ0) is 11.1. The summed E-state index contributed by atoms with van der Waals surface area (Å²) in [5, 5.41) is 3.33. The van der Waals surface area contributed by atoms with Crippen LogP contribution in [-0.4, -0.2) is 25.8 Å². The van der Waals surface area contributed by atoms with E-state index in [-0.39, 0.29) is 0 Å². The van der Waals surface area contributed by atoms with Crippen LogP contribution in [0.15, 0.2) is 0 Å². The van der Waals surface area contributed by atoms with Gasteiger partial charge < -0.3 is 10.1 Å². The highest BCUT2D eigenvalue weighted by Crippen LogP contribution is 2.20. The molecule has 0 heterocycles. The van der Waals surface area contributed by atoms with Crippen LogP contribution in [0.25, 0.3) is 0 Å². The number of hydrogen-bond acceptors (Lipinski definition) is 2. The molecule has 0 spiro atoms. The van der Waals surface area contributed by atoms with Crippen molar-refractivity contribution < 1.29 is 4.74 Å². The lowest BCUT2D eigenvalue weighted by atomic mass is 10.1. The standard InChI is InChI=1S/C13H27NO/c1-11(2)13(14-3)10-15-12-8-6-4-5-7-9-12/h11-14H,4-10H2,1-3H3. The lowest BCUT2D eigenvalue weighted by Gasteiger charge is -2.23. The van der Waals surface area contributed by atoms with Crippen molar-refractivity contribution in [2.45, 2.75) is 64.5 Å². The van der Waals surface area contributed by atoms with Gasteiger partial charge >= 0.3 is 0 Å². The SMILES string of the molecule is CNC(COC1CCCCCC1)C(C)C. The molecule has 0 radical (unpaired) electrons.